The molecule has 0 aliphatic rings. The van der Waals surface area contributed by atoms with E-state index in [1.807, 2.05) is 40.0 Å². The van der Waals surface area contributed by atoms with Crippen molar-refractivity contribution in [2.24, 2.45) is 4.99 Å². The van der Waals surface area contributed by atoms with E-state index in [9.17, 15) is 0 Å². The van der Waals surface area contributed by atoms with E-state index < -0.39 is 0 Å². The van der Waals surface area contributed by atoms with Crippen molar-refractivity contribution in [3.05, 3.63) is 35.5 Å². The normalized spacial score (nSPS) is 15.6. The lowest BCUT2D eigenvalue weighted by Gasteiger charge is -2.05. The van der Waals surface area contributed by atoms with Gasteiger partial charge in [-0.15, -0.1) is 0 Å². The Kier molecular flexibility index (Phi) is 5.86. The highest BCUT2D eigenvalue weighted by molar-refractivity contribution is 6.02. The third-order valence-electron chi connectivity index (χ3n) is 2.04. The Morgan fingerprint density at radius 1 is 1.15 bits per heavy atom. The summed E-state index contributed by atoms with van der Waals surface area (Å²) in [5, 5.41) is 0. The van der Waals surface area contributed by atoms with E-state index in [-0.39, 0.29) is 0 Å². The Hall–Kier alpha value is -1.11. The SMILES string of the molecule is C\C=C(C)/C(=C\C=C\C)C(C)=NC. The third-order valence-corrected chi connectivity index (χ3v) is 2.04. The third kappa shape index (κ3) is 3.88. The molecule has 0 aliphatic carbocycles. The second-order valence-electron chi connectivity index (χ2n) is 2.89. The summed E-state index contributed by atoms with van der Waals surface area (Å²) < 4.78 is 0. The van der Waals surface area contributed by atoms with Crippen LogP contribution in [0.25, 0.3) is 0 Å². The zero-order valence-electron chi connectivity index (χ0n) is 9.26. The average Bonchev–Trinajstić information content (AvgIpc) is 2.17. The van der Waals surface area contributed by atoms with Gasteiger partial charge in [-0.2, -0.15) is 0 Å². The molecule has 0 aliphatic heterocycles. The summed E-state index contributed by atoms with van der Waals surface area (Å²) in [5.41, 5.74) is 3.55. The van der Waals surface area contributed by atoms with Crippen molar-refractivity contribution in [2.75, 3.05) is 7.05 Å². The summed E-state index contributed by atoms with van der Waals surface area (Å²) in [5.74, 6) is 0. The van der Waals surface area contributed by atoms with Crippen molar-refractivity contribution in [3.63, 3.8) is 0 Å². The summed E-state index contributed by atoms with van der Waals surface area (Å²) in [7, 11) is 1.82. The van der Waals surface area contributed by atoms with Gasteiger partial charge in [-0.05, 0) is 38.8 Å². The maximum absolute atomic E-state index is 4.18. The summed E-state index contributed by atoms with van der Waals surface area (Å²) in [4.78, 5) is 4.18. The number of aliphatic imine (C=N–C) groups is 1. The van der Waals surface area contributed by atoms with Gasteiger partial charge in [0.1, 0.15) is 0 Å². The predicted octanol–water partition coefficient (Wildman–Crippen LogP) is 3.55. The van der Waals surface area contributed by atoms with E-state index in [1.165, 1.54) is 11.1 Å². The van der Waals surface area contributed by atoms with Crippen molar-refractivity contribution in [3.8, 4) is 0 Å². The lowest BCUT2D eigenvalue weighted by Crippen LogP contribution is -1.98. The largest absolute Gasteiger partial charge is 0.293 e. The van der Waals surface area contributed by atoms with Crippen LogP contribution in [0.5, 0.6) is 0 Å². The van der Waals surface area contributed by atoms with Crippen LogP contribution in [-0.2, 0) is 0 Å². The predicted molar refractivity (Wildman–Crippen MR) is 61.4 cm³/mol. The number of rotatable bonds is 3. The van der Waals surface area contributed by atoms with Crippen LogP contribution in [0.15, 0.2) is 40.4 Å². The van der Waals surface area contributed by atoms with Crippen LogP contribution in [0.3, 0.4) is 0 Å². The van der Waals surface area contributed by atoms with Gasteiger partial charge in [-0.1, -0.05) is 24.3 Å². The molecule has 0 radical (unpaired) electrons. The molecule has 0 aromatic rings. The Bertz CT molecular complexity index is 245. The van der Waals surface area contributed by atoms with Gasteiger partial charge < -0.3 is 0 Å². The molecule has 0 fully saturated rings. The van der Waals surface area contributed by atoms with E-state index in [0.29, 0.717) is 0 Å². The molecule has 0 saturated carbocycles. The van der Waals surface area contributed by atoms with Crippen LogP contribution in [0.2, 0.25) is 0 Å². The Labute approximate surface area is 81.6 Å². The molecule has 0 heterocycles. The molecule has 0 N–H and O–H groups in total. The summed E-state index contributed by atoms with van der Waals surface area (Å²) in [6.07, 6.45) is 8.25. The minimum Gasteiger partial charge on any atom is -0.293 e. The van der Waals surface area contributed by atoms with Gasteiger partial charge in [0, 0.05) is 12.8 Å². The Morgan fingerprint density at radius 2 is 1.77 bits per heavy atom. The molecule has 0 saturated heterocycles. The zero-order chi connectivity index (χ0) is 10.3. The van der Waals surface area contributed by atoms with Crippen molar-refractivity contribution < 1.29 is 0 Å². The average molecular weight is 177 g/mol. The second-order valence-corrected chi connectivity index (χ2v) is 2.89. The number of allylic oxidation sites excluding steroid dienone is 6. The monoisotopic (exact) mass is 177 g/mol. The molecule has 13 heavy (non-hydrogen) atoms. The fourth-order valence-electron chi connectivity index (χ4n) is 1.01. The van der Waals surface area contributed by atoms with Crippen molar-refractivity contribution in [1.29, 1.82) is 0 Å². The molecule has 72 valence electrons. The number of nitrogens with zero attached hydrogens (tertiary/aromatic N) is 1. The first-order chi connectivity index (χ1) is 6.17. The molecular weight excluding hydrogens is 158 g/mol. The van der Waals surface area contributed by atoms with Gasteiger partial charge in [0.25, 0.3) is 0 Å². The first-order valence-corrected chi connectivity index (χ1v) is 4.57. The van der Waals surface area contributed by atoms with E-state index in [1.54, 1.807) is 0 Å². The van der Waals surface area contributed by atoms with E-state index in [2.05, 4.69) is 24.1 Å². The van der Waals surface area contributed by atoms with Crippen LogP contribution < -0.4 is 0 Å². The first kappa shape index (κ1) is 11.9. The van der Waals surface area contributed by atoms with Gasteiger partial charge in [0.2, 0.25) is 0 Å². The first-order valence-electron chi connectivity index (χ1n) is 4.57. The fourth-order valence-corrected chi connectivity index (χ4v) is 1.01. The van der Waals surface area contributed by atoms with Gasteiger partial charge in [0.05, 0.1) is 0 Å². The van der Waals surface area contributed by atoms with Crippen LogP contribution in [0, 0.1) is 0 Å². The van der Waals surface area contributed by atoms with Crippen LogP contribution in [-0.4, -0.2) is 12.8 Å². The van der Waals surface area contributed by atoms with E-state index >= 15 is 0 Å². The molecular formula is C12H19N. The highest BCUT2D eigenvalue weighted by atomic mass is 14.7. The molecule has 1 nitrogen and oxygen atoms in total. The van der Waals surface area contributed by atoms with Gasteiger partial charge in [-0.25, -0.2) is 0 Å². The lowest BCUT2D eigenvalue weighted by molar-refractivity contribution is 1.36. The molecule has 0 aromatic carbocycles. The smallest absolute Gasteiger partial charge is 0.0388 e. The number of hydrogen-bond acceptors (Lipinski definition) is 1. The van der Waals surface area contributed by atoms with Crippen LogP contribution >= 0.6 is 0 Å². The lowest BCUT2D eigenvalue weighted by atomic mass is 10.0. The summed E-state index contributed by atoms with van der Waals surface area (Å²) >= 11 is 0. The van der Waals surface area contributed by atoms with Gasteiger partial charge in [-0.3, -0.25) is 4.99 Å². The summed E-state index contributed by atoms with van der Waals surface area (Å²) in [6.45, 7) is 8.19. The molecule has 1 heteroatoms. The maximum atomic E-state index is 4.18. The molecule has 0 atom stereocenters. The molecule has 0 aromatic heterocycles. The van der Waals surface area contributed by atoms with Crippen LogP contribution in [0.1, 0.15) is 27.7 Å². The molecule has 0 bridgehead atoms. The Morgan fingerprint density at radius 3 is 2.15 bits per heavy atom. The fraction of sp³-hybridized carbons (Fsp3) is 0.417. The van der Waals surface area contributed by atoms with Crippen molar-refractivity contribution in [2.45, 2.75) is 27.7 Å². The quantitative estimate of drug-likeness (QED) is 0.462. The second kappa shape index (κ2) is 6.41. The van der Waals surface area contributed by atoms with Gasteiger partial charge >= 0.3 is 0 Å². The highest BCUT2D eigenvalue weighted by Crippen LogP contribution is 2.11. The van der Waals surface area contributed by atoms with Gasteiger partial charge in [0.15, 0.2) is 0 Å². The zero-order valence-corrected chi connectivity index (χ0v) is 9.26. The van der Waals surface area contributed by atoms with Crippen LogP contribution in [0.4, 0.5) is 0 Å². The van der Waals surface area contributed by atoms with E-state index in [4.69, 9.17) is 0 Å². The number of hydrogen-bond donors (Lipinski definition) is 0. The molecule has 0 spiro atoms. The molecule has 0 amide bonds. The minimum atomic E-state index is 1.08. The minimum absolute atomic E-state index is 1.08. The Balaban J connectivity index is 4.98. The summed E-state index contributed by atoms with van der Waals surface area (Å²) in [6, 6.07) is 0. The highest BCUT2D eigenvalue weighted by Gasteiger charge is 2.00. The van der Waals surface area contributed by atoms with Crippen molar-refractivity contribution in [1.82, 2.24) is 0 Å². The van der Waals surface area contributed by atoms with E-state index in [0.717, 1.165) is 5.71 Å². The maximum Gasteiger partial charge on any atom is 0.0388 e. The molecule has 0 unspecified atom stereocenters. The van der Waals surface area contributed by atoms with Crippen molar-refractivity contribution >= 4 is 5.71 Å². The topological polar surface area (TPSA) is 12.4 Å². The standard InChI is InChI=1S/C12H19N/c1-6-8-9-12(10(3)7-2)11(4)13-5/h6-9H,1-5H3/b8-6+,10-7-,12-9+,13-11?. The molecule has 0 rings (SSSR count).